The third-order valence-electron chi connectivity index (χ3n) is 3.70. The van der Waals surface area contributed by atoms with Crippen LogP contribution in [0.2, 0.25) is 0 Å². The van der Waals surface area contributed by atoms with Crippen LogP contribution < -0.4 is 10.1 Å². The van der Waals surface area contributed by atoms with Gasteiger partial charge >= 0.3 is 11.9 Å². The molecule has 0 atom stereocenters. The van der Waals surface area contributed by atoms with Gasteiger partial charge in [0.15, 0.2) is 13.2 Å². The molecule has 0 aliphatic heterocycles. The van der Waals surface area contributed by atoms with Crippen LogP contribution in [0.1, 0.15) is 34.6 Å². The zero-order valence-electron chi connectivity index (χ0n) is 16.1. The number of ether oxygens (including phenoxy) is 3. The lowest BCUT2D eigenvalue weighted by Gasteiger charge is -2.10. The van der Waals surface area contributed by atoms with Crippen LogP contribution >= 0.6 is 11.3 Å². The summed E-state index contributed by atoms with van der Waals surface area (Å²) < 4.78 is 15.3. The molecule has 1 aromatic carbocycles. The molecule has 0 fully saturated rings. The molecule has 0 saturated carbocycles. The summed E-state index contributed by atoms with van der Waals surface area (Å²) in [6, 6.07) is 9.08. The number of benzene rings is 1. The third-order valence-corrected chi connectivity index (χ3v) is 4.84. The molecule has 0 saturated heterocycles. The Morgan fingerprint density at radius 3 is 2.54 bits per heavy atom. The molecular weight excluding hydrogens is 382 g/mol. The SMILES string of the molecule is CCOC(=O)c1sc(NC(=O)COC(=O)COc2ccccc2CC)cc1C. The van der Waals surface area contributed by atoms with Crippen molar-refractivity contribution in [2.45, 2.75) is 27.2 Å². The Kier molecular flexibility index (Phi) is 8.01. The van der Waals surface area contributed by atoms with Crippen molar-refractivity contribution in [1.29, 1.82) is 0 Å². The van der Waals surface area contributed by atoms with Crippen LogP contribution in [0.4, 0.5) is 5.00 Å². The van der Waals surface area contributed by atoms with Gasteiger partial charge in [-0.15, -0.1) is 11.3 Å². The Morgan fingerprint density at radius 1 is 1.07 bits per heavy atom. The molecule has 0 unspecified atom stereocenters. The molecule has 1 amide bonds. The van der Waals surface area contributed by atoms with Crippen LogP contribution in [0.3, 0.4) is 0 Å². The van der Waals surface area contributed by atoms with Crippen molar-refractivity contribution >= 4 is 34.2 Å². The maximum Gasteiger partial charge on any atom is 0.348 e. The molecule has 0 radical (unpaired) electrons. The largest absolute Gasteiger partial charge is 0.482 e. The van der Waals surface area contributed by atoms with E-state index < -0.39 is 24.5 Å². The van der Waals surface area contributed by atoms with Crippen LogP contribution in [0.15, 0.2) is 30.3 Å². The quantitative estimate of drug-likeness (QED) is 0.644. The maximum atomic E-state index is 12.0. The highest BCUT2D eigenvalue weighted by Crippen LogP contribution is 2.27. The molecule has 28 heavy (non-hydrogen) atoms. The standard InChI is InChI=1S/C20H23NO6S/c1-4-14-8-6-7-9-15(14)26-12-18(23)27-11-16(22)21-17-10-13(3)19(28-17)20(24)25-5-2/h6-10H,4-5,11-12H2,1-3H3,(H,21,22). The highest BCUT2D eigenvalue weighted by Gasteiger charge is 2.16. The number of carbonyl (C=O) groups is 3. The fourth-order valence-corrected chi connectivity index (χ4v) is 3.36. The Morgan fingerprint density at radius 2 is 1.82 bits per heavy atom. The van der Waals surface area contributed by atoms with Gasteiger partial charge in [0.05, 0.1) is 11.6 Å². The van der Waals surface area contributed by atoms with E-state index in [-0.39, 0.29) is 13.2 Å². The molecule has 1 N–H and O–H groups in total. The molecule has 2 rings (SSSR count). The van der Waals surface area contributed by atoms with Crippen molar-refractivity contribution in [3.8, 4) is 5.75 Å². The zero-order chi connectivity index (χ0) is 20.5. The van der Waals surface area contributed by atoms with E-state index in [1.165, 1.54) is 0 Å². The van der Waals surface area contributed by atoms with Gasteiger partial charge in [-0.3, -0.25) is 4.79 Å². The highest BCUT2D eigenvalue weighted by atomic mass is 32.1. The number of amides is 1. The molecular formula is C20H23NO6S. The molecule has 1 aromatic heterocycles. The van der Waals surface area contributed by atoms with Crippen molar-refractivity contribution in [3.05, 3.63) is 46.3 Å². The second-order valence-corrected chi connectivity index (χ2v) is 6.85. The van der Waals surface area contributed by atoms with Gasteiger partial charge in [0.2, 0.25) is 0 Å². The predicted molar refractivity (Wildman–Crippen MR) is 106 cm³/mol. The number of thiophene rings is 1. The van der Waals surface area contributed by atoms with E-state index in [1.54, 1.807) is 26.0 Å². The first kappa shape index (κ1) is 21.4. The number of nitrogens with one attached hydrogen (secondary N) is 1. The Hall–Kier alpha value is -2.87. The average molecular weight is 405 g/mol. The van der Waals surface area contributed by atoms with Crippen molar-refractivity contribution in [2.24, 2.45) is 0 Å². The van der Waals surface area contributed by atoms with E-state index in [9.17, 15) is 14.4 Å². The topological polar surface area (TPSA) is 90.9 Å². The molecule has 150 valence electrons. The first-order chi connectivity index (χ1) is 13.4. The summed E-state index contributed by atoms with van der Waals surface area (Å²) in [5, 5.41) is 3.08. The van der Waals surface area contributed by atoms with Gasteiger partial charge in [-0.1, -0.05) is 25.1 Å². The van der Waals surface area contributed by atoms with E-state index in [0.717, 1.165) is 23.3 Å². The fraction of sp³-hybridized carbons (Fsp3) is 0.350. The Balaban J connectivity index is 1.80. The monoisotopic (exact) mass is 405 g/mol. The summed E-state index contributed by atoms with van der Waals surface area (Å²) in [6.45, 7) is 5.02. The number of esters is 2. The molecule has 0 bridgehead atoms. The second-order valence-electron chi connectivity index (χ2n) is 5.80. The zero-order valence-corrected chi connectivity index (χ0v) is 16.9. The number of carbonyl (C=O) groups excluding carboxylic acids is 3. The predicted octanol–water partition coefficient (Wildman–Crippen LogP) is 3.36. The number of para-hydroxylation sites is 1. The average Bonchev–Trinajstić information content (AvgIpc) is 3.05. The normalized spacial score (nSPS) is 10.2. The highest BCUT2D eigenvalue weighted by molar-refractivity contribution is 7.18. The van der Waals surface area contributed by atoms with Crippen LogP contribution in [0.5, 0.6) is 5.75 Å². The van der Waals surface area contributed by atoms with Gasteiger partial charge in [0.25, 0.3) is 5.91 Å². The van der Waals surface area contributed by atoms with E-state index in [4.69, 9.17) is 14.2 Å². The van der Waals surface area contributed by atoms with Gasteiger partial charge in [-0.05, 0) is 43.5 Å². The molecule has 0 spiro atoms. The number of aryl methyl sites for hydroxylation is 2. The lowest BCUT2D eigenvalue weighted by Crippen LogP contribution is -2.23. The van der Waals surface area contributed by atoms with Gasteiger partial charge in [-0.25, -0.2) is 9.59 Å². The van der Waals surface area contributed by atoms with Gasteiger partial charge in [0, 0.05) is 0 Å². The third kappa shape index (κ3) is 6.09. The summed E-state index contributed by atoms with van der Waals surface area (Å²) in [5.41, 5.74) is 1.69. The number of rotatable bonds is 9. The Labute approximate surface area is 167 Å². The van der Waals surface area contributed by atoms with Crippen LogP contribution in [-0.2, 0) is 25.5 Å². The lowest BCUT2D eigenvalue weighted by atomic mass is 10.1. The smallest absolute Gasteiger partial charge is 0.348 e. The van der Waals surface area contributed by atoms with E-state index in [1.807, 2.05) is 25.1 Å². The van der Waals surface area contributed by atoms with Gasteiger partial charge < -0.3 is 19.5 Å². The summed E-state index contributed by atoms with van der Waals surface area (Å²) >= 11 is 1.11. The van der Waals surface area contributed by atoms with E-state index >= 15 is 0 Å². The molecule has 8 heteroatoms. The summed E-state index contributed by atoms with van der Waals surface area (Å²) in [4.78, 5) is 36.0. The molecule has 0 aliphatic rings. The summed E-state index contributed by atoms with van der Waals surface area (Å²) in [7, 11) is 0. The van der Waals surface area contributed by atoms with E-state index in [0.29, 0.717) is 21.2 Å². The lowest BCUT2D eigenvalue weighted by molar-refractivity contribution is -0.149. The van der Waals surface area contributed by atoms with Crippen LogP contribution in [0, 0.1) is 6.92 Å². The summed E-state index contributed by atoms with van der Waals surface area (Å²) in [6.07, 6.45) is 0.779. The molecule has 0 aliphatic carbocycles. The van der Waals surface area contributed by atoms with Crippen LogP contribution in [-0.4, -0.2) is 37.7 Å². The molecule has 1 heterocycles. The van der Waals surface area contributed by atoms with Crippen molar-refractivity contribution < 1.29 is 28.6 Å². The first-order valence-electron chi connectivity index (χ1n) is 8.88. The molecule has 2 aromatic rings. The number of hydrogen-bond acceptors (Lipinski definition) is 7. The van der Waals surface area contributed by atoms with Gasteiger partial charge in [-0.2, -0.15) is 0 Å². The van der Waals surface area contributed by atoms with Crippen LogP contribution in [0.25, 0.3) is 0 Å². The fourth-order valence-electron chi connectivity index (χ4n) is 2.38. The molecule has 7 nitrogen and oxygen atoms in total. The van der Waals surface area contributed by atoms with E-state index in [2.05, 4.69) is 5.32 Å². The number of hydrogen-bond donors (Lipinski definition) is 1. The maximum absolute atomic E-state index is 12.0. The van der Waals surface area contributed by atoms with Crippen molar-refractivity contribution in [3.63, 3.8) is 0 Å². The minimum Gasteiger partial charge on any atom is -0.482 e. The minimum absolute atomic E-state index is 0.276. The number of anilines is 1. The Bertz CT molecular complexity index is 845. The van der Waals surface area contributed by atoms with Crippen molar-refractivity contribution in [2.75, 3.05) is 25.1 Å². The minimum atomic E-state index is -0.643. The van der Waals surface area contributed by atoms with Crippen molar-refractivity contribution in [1.82, 2.24) is 0 Å². The second kappa shape index (κ2) is 10.5. The summed E-state index contributed by atoms with van der Waals surface area (Å²) in [5.74, 6) is -0.956. The van der Waals surface area contributed by atoms with Gasteiger partial charge in [0.1, 0.15) is 10.6 Å². The first-order valence-corrected chi connectivity index (χ1v) is 9.70.